The number of amides is 1. The number of hydroxylamine groups is 1. The summed E-state index contributed by atoms with van der Waals surface area (Å²) >= 11 is 1.49. The van der Waals surface area contributed by atoms with Crippen molar-refractivity contribution in [3.63, 3.8) is 0 Å². The first-order valence-corrected chi connectivity index (χ1v) is 14.1. The normalized spacial score (nSPS) is 19.7. The molecule has 202 valence electrons. The minimum Gasteiger partial charge on any atom is -0.771 e. The minimum atomic E-state index is -0.106. The highest BCUT2D eigenvalue weighted by Gasteiger charge is 2.17. The number of benzene rings is 1. The number of aromatic nitrogens is 2. The number of nitrogen functional groups attached to an aromatic ring is 1. The summed E-state index contributed by atoms with van der Waals surface area (Å²) in [6, 6.07) is 5.78. The molecule has 0 saturated carbocycles. The van der Waals surface area contributed by atoms with Gasteiger partial charge in [0.15, 0.2) is 0 Å². The van der Waals surface area contributed by atoms with Gasteiger partial charge in [-0.05, 0) is 56.4 Å². The lowest BCUT2D eigenvalue weighted by Crippen LogP contribution is -2.45. The molecule has 3 heterocycles. The van der Waals surface area contributed by atoms with E-state index >= 15 is 0 Å². The number of thioether (sulfide) groups is 1. The summed E-state index contributed by atoms with van der Waals surface area (Å²) in [5.74, 6) is 0.641. The monoisotopic (exact) mass is 528 g/mol. The molecule has 2 aromatic rings. The van der Waals surface area contributed by atoms with Gasteiger partial charge in [-0.2, -0.15) is 0 Å². The molecule has 1 fully saturated rings. The van der Waals surface area contributed by atoms with Crippen molar-refractivity contribution in [1.82, 2.24) is 30.4 Å². The highest BCUT2D eigenvalue weighted by atomic mass is 32.2. The Morgan fingerprint density at radius 1 is 1.00 bits per heavy atom. The fourth-order valence-corrected chi connectivity index (χ4v) is 5.54. The van der Waals surface area contributed by atoms with E-state index in [2.05, 4.69) is 20.2 Å². The van der Waals surface area contributed by atoms with Crippen LogP contribution in [0.5, 0.6) is 0 Å². The number of hydrogen-bond donors (Lipinski definition) is 2. The lowest BCUT2D eigenvalue weighted by Gasteiger charge is -2.41. The van der Waals surface area contributed by atoms with Crippen molar-refractivity contribution in [2.75, 3.05) is 70.5 Å². The maximum absolute atomic E-state index is 13.1. The maximum atomic E-state index is 13.1. The standard InChI is InChI=1S/C26H38N7O3S/c1-19-16-20(2)22-17-21(19)23-18-24(30-26(27)29-23)37-15-12-33(35)32(8-4-3-6-28-25(22)34)10-9-31-7-5-13-36-14-11-31/h16-18H,3-15H2,1-2H3,(H,28,34)(H2,27,29,30)/q-1. The molecule has 0 aliphatic carbocycles. The molecule has 1 aromatic heterocycles. The molecule has 3 N–H and O–H groups in total. The quantitative estimate of drug-likeness (QED) is 0.575. The first-order valence-electron chi connectivity index (χ1n) is 13.1. The second-order valence-electron chi connectivity index (χ2n) is 9.58. The second kappa shape index (κ2) is 13.5. The molecule has 0 unspecified atom stereocenters. The molecule has 11 heteroatoms. The average Bonchev–Trinajstić information content (AvgIpc) is 3.13. The SMILES string of the molecule is Cc1cc(C)c2cc1C(=O)NCCCCN(CCN1CCCOCC1)N([O-])CCSc1cc-2nc(N)n1. The van der Waals surface area contributed by atoms with E-state index in [4.69, 9.17) is 10.5 Å². The molecule has 2 aliphatic rings. The lowest BCUT2D eigenvalue weighted by atomic mass is 9.97. The number of carbonyl (C=O) groups is 1. The van der Waals surface area contributed by atoms with Gasteiger partial charge in [0.25, 0.3) is 5.91 Å². The summed E-state index contributed by atoms with van der Waals surface area (Å²) in [5, 5.41) is 19.8. The average molecular weight is 529 g/mol. The van der Waals surface area contributed by atoms with Crippen LogP contribution in [-0.2, 0) is 4.74 Å². The topological polar surface area (TPSA) is 123 Å². The van der Waals surface area contributed by atoms with Gasteiger partial charge < -0.3 is 26.2 Å². The van der Waals surface area contributed by atoms with E-state index in [0.29, 0.717) is 48.2 Å². The molecule has 0 radical (unpaired) electrons. The number of nitrogens with two attached hydrogens (primary N) is 1. The number of carbonyl (C=O) groups excluding carboxylic acids is 1. The molecule has 1 saturated heterocycles. The molecule has 4 rings (SSSR count). The zero-order valence-corrected chi connectivity index (χ0v) is 22.7. The molecule has 37 heavy (non-hydrogen) atoms. The molecule has 10 nitrogen and oxygen atoms in total. The summed E-state index contributed by atoms with van der Waals surface area (Å²) in [6.45, 7) is 10.4. The largest absolute Gasteiger partial charge is 0.771 e. The van der Waals surface area contributed by atoms with Gasteiger partial charge in [-0.25, -0.2) is 9.97 Å². The fourth-order valence-electron chi connectivity index (χ4n) is 4.73. The van der Waals surface area contributed by atoms with Gasteiger partial charge in [0.1, 0.15) is 5.03 Å². The maximum Gasteiger partial charge on any atom is 0.251 e. The van der Waals surface area contributed by atoms with E-state index in [1.54, 1.807) is 0 Å². The van der Waals surface area contributed by atoms with Crippen molar-refractivity contribution < 1.29 is 9.53 Å². The predicted molar refractivity (Wildman–Crippen MR) is 147 cm³/mol. The zero-order chi connectivity index (χ0) is 26.2. The third-order valence-electron chi connectivity index (χ3n) is 6.78. The molecule has 0 atom stereocenters. The van der Waals surface area contributed by atoms with Crippen LogP contribution in [0.2, 0.25) is 0 Å². The fraction of sp³-hybridized carbons (Fsp3) is 0.577. The van der Waals surface area contributed by atoms with Gasteiger partial charge in [0, 0.05) is 69.3 Å². The van der Waals surface area contributed by atoms with Crippen LogP contribution in [-0.4, -0.2) is 95.7 Å². The van der Waals surface area contributed by atoms with Gasteiger partial charge in [0.05, 0.1) is 12.3 Å². The van der Waals surface area contributed by atoms with Gasteiger partial charge in [0.2, 0.25) is 5.95 Å². The number of aryl methyl sites for hydroxylation is 2. The minimum absolute atomic E-state index is 0.106. The van der Waals surface area contributed by atoms with Crippen molar-refractivity contribution in [3.8, 4) is 11.3 Å². The Hall–Kier alpha value is -2.28. The number of rotatable bonds is 3. The van der Waals surface area contributed by atoms with Crippen molar-refractivity contribution in [1.29, 1.82) is 0 Å². The Morgan fingerprint density at radius 2 is 1.84 bits per heavy atom. The molecular weight excluding hydrogens is 490 g/mol. The number of hydrogen-bond acceptors (Lipinski definition) is 10. The highest BCUT2D eigenvalue weighted by molar-refractivity contribution is 7.99. The molecule has 4 bridgehead atoms. The van der Waals surface area contributed by atoms with Crippen LogP contribution < -0.4 is 11.1 Å². The van der Waals surface area contributed by atoms with E-state index in [9.17, 15) is 10.0 Å². The van der Waals surface area contributed by atoms with Crippen molar-refractivity contribution >= 4 is 23.6 Å². The summed E-state index contributed by atoms with van der Waals surface area (Å²) in [4.78, 5) is 24.2. The van der Waals surface area contributed by atoms with Gasteiger partial charge in [-0.15, -0.1) is 11.8 Å². The molecule has 1 aromatic carbocycles. The molecule has 0 spiro atoms. The highest BCUT2D eigenvalue weighted by Crippen LogP contribution is 2.29. The van der Waals surface area contributed by atoms with Crippen LogP contribution in [0.25, 0.3) is 11.3 Å². The third-order valence-corrected chi connectivity index (χ3v) is 7.67. The van der Waals surface area contributed by atoms with Crippen LogP contribution in [0, 0.1) is 19.1 Å². The third kappa shape index (κ3) is 7.86. The van der Waals surface area contributed by atoms with Gasteiger partial charge >= 0.3 is 0 Å². The van der Waals surface area contributed by atoms with Crippen LogP contribution in [0.4, 0.5) is 5.95 Å². The summed E-state index contributed by atoms with van der Waals surface area (Å²) in [7, 11) is 0. The summed E-state index contributed by atoms with van der Waals surface area (Å²) in [5.41, 5.74) is 10.1. The summed E-state index contributed by atoms with van der Waals surface area (Å²) < 4.78 is 5.56. The Balaban J connectivity index is 1.51. The van der Waals surface area contributed by atoms with Gasteiger partial charge in [-0.3, -0.25) is 14.7 Å². The smallest absolute Gasteiger partial charge is 0.251 e. The van der Waals surface area contributed by atoms with Crippen molar-refractivity contribution in [3.05, 3.63) is 40.1 Å². The van der Waals surface area contributed by atoms with Crippen LogP contribution in [0.3, 0.4) is 0 Å². The zero-order valence-electron chi connectivity index (χ0n) is 21.9. The number of ether oxygens (including phenoxy) is 1. The number of fused-ring (bicyclic) bond motifs is 5. The first-order chi connectivity index (χ1) is 17.9. The van der Waals surface area contributed by atoms with Crippen LogP contribution >= 0.6 is 11.8 Å². The van der Waals surface area contributed by atoms with Crippen molar-refractivity contribution in [2.45, 2.75) is 38.1 Å². The van der Waals surface area contributed by atoms with E-state index in [1.165, 1.54) is 11.8 Å². The first kappa shape index (κ1) is 27.7. The predicted octanol–water partition coefficient (Wildman–Crippen LogP) is 2.70. The number of hydrazine groups is 1. The molecule has 1 amide bonds. The second-order valence-corrected chi connectivity index (χ2v) is 10.7. The molecular formula is C26H38N7O3S-. The Kier molecular flexibility index (Phi) is 10.1. The Labute approximate surface area is 223 Å². The number of anilines is 1. The van der Waals surface area contributed by atoms with Crippen molar-refractivity contribution in [2.24, 2.45) is 0 Å². The summed E-state index contributed by atoms with van der Waals surface area (Å²) in [6.07, 6.45) is 2.63. The van der Waals surface area contributed by atoms with Crippen LogP contribution in [0.1, 0.15) is 40.7 Å². The Bertz CT molecular complexity index is 1060. The number of nitrogens with zero attached hydrogens (tertiary/aromatic N) is 5. The Morgan fingerprint density at radius 3 is 2.70 bits per heavy atom. The van der Waals surface area contributed by atoms with E-state index in [-0.39, 0.29) is 11.9 Å². The molecule has 2 aliphatic heterocycles. The van der Waals surface area contributed by atoms with E-state index in [1.807, 2.05) is 37.1 Å². The van der Waals surface area contributed by atoms with Gasteiger partial charge in [-0.1, -0.05) is 6.07 Å². The number of nitrogens with one attached hydrogen (secondary N) is 1. The van der Waals surface area contributed by atoms with E-state index < -0.39 is 0 Å². The van der Waals surface area contributed by atoms with Crippen LogP contribution in [0.15, 0.2) is 23.2 Å². The van der Waals surface area contributed by atoms with E-state index in [0.717, 1.165) is 74.0 Å². The lowest BCUT2D eigenvalue weighted by molar-refractivity contribution is 0.0163.